The molecule has 0 heterocycles. The largest absolute Gasteiger partial charge is 0.449 e. The topological polar surface area (TPSA) is 55.4 Å². The molecule has 126 valence electrons. The van der Waals surface area contributed by atoms with Crippen LogP contribution in [0.15, 0.2) is 36.4 Å². The Hall–Kier alpha value is -2.90. The first-order chi connectivity index (χ1) is 11.3. The number of nitrogens with one attached hydrogen (secondary N) is 1. The second-order valence-corrected chi connectivity index (χ2v) is 4.74. The van der Waals surface area contributed by atoms with Crippen LogP contribution in [0.5, 0.6) is 0 Å². The average Bonchev–Trinajstić information content (AvgIpc) is 2.55. The summed E-state index contributed by atoms with van der Waals surface area (Å²) < 4.78 is 57.6. The highest BCUT2D eigenvalue weighted by Crippen LogP contribution is 2.20. The van der Waals surface area contributed by atoms with Crippen LogP contribution in [0.2, 0.25) is 0 Å². The summed E-state index contributed by atoms with van der Waals surface area (Å²) in [6.07, 6.45) is -1.43. The summed E-state index contributed by atoms with van der Waals surface area (Å²) in [7, 11) is 0. The maximum atomic E-state index is 13.5. The number of anilines is 1. The molecule has 2 aromatic rings. The third kappa shape index (κ3) is 3.70. The van der Waals surface area contributed by atoms with E-state index in [2.05, 4.69) is 0 Å². The summed E-state index contributed by atoms with van der Waals surface area (Å²) in [5.41, 5.74) is -0.996. The first kappa shape index (κ1) is 17.5. The maximum Gasteiger partial charge on any atom is 0.341 e. The van der Waals surface area contributed by atoms with Crippen molar-refractivity contribution in [3.8, 4) is 0 Å². The maximum absolute atomic E-state index is 13.5. The molecule has 0 aliphatic heterocycles. The SMILES string of the molecule is C[C@H](OC(=O)c1ccccc1F)C(=O)Nc1ccc(F)c(F)c1F. The van der Waals surface area contributed by atoms with E-state index in [0.717, 1.165) is 25.1 Å². The zero-order chi connectivity index (χ0) is 17.9. The van der Waals surface area contributed by atoms with Crippen molar-refractivity contribution < 1.29 is 31.9 Å². The molecule has 0 bridgehead atoms. The molecule has 0 radical (unpaired) electrons. The zero-order valence-corrected chi connectivity index (χ0v) is 12.3. The lowest BCUT2D eigenvalue weighted by Gasteiger charge is -2.14. The molecule has 0 saturated carbocycles. The van der Waals surface area contributed by atoms with Crippen LogP contribution in [0.1, 0.15) is 17.3 Å². The van der Waals surface area contributed by atoms with E-state index < -0.39 is 46.9 Å². The molecule has 1 atom stereocenters. The number of amides is 1. The van der Waals surface area contributed by atoms with E-state index in [1.165, 1.54) is 12.1 Å². The van der Waals surface area contributed by atoms with Crippen molar-refractivity contribution in [2.24, 2.45) is 0 Å². The molecule has 8 heteroatoms. The summed E-state index contributed by atoms with van der Waals surface area (Å²) in [5, 5.41) is 1.96. The number of hydrogen-bond donors (Lipinski definition) is 1. The number of ether oxygens (including phenoxy) is 1. The number of esters is 1. The molecule has 1 N–H and O–H groups in total. The monoisotopic (exact) mass is 341 g/mol. The molecule has 24 heavy (non-hydrogen) atoms. The summed E-state index contributed by atoms with van der Waals surface area (Å²) in [6.45, 7) is 1.16. The number of halogens is 4. The van der Waals surface area contributed by atoms with Gasteiger partial charge < -0.3 is 10.1 Å². The van der Waals surface area contributed by atoms with Gasteiger partial charge in [-0.1, -0.05) is 12.1 Å². The molecule has 0 aliphatic carbocycles. The van der Waals surface area contributed by atoms with Gasteiger partial charge in [-0.05, 0) is 31.2 Å². The molecule has 0 spiro atoms. The van der Waals surface area contributed by atoms with E-state index in [1.807, 2.05) is 5.32 Å². The van der Waals surface area contributed by atoms with Crippen LogP contribution < -0.4 is 5.32 Å². The third-order valence-electron chi connectivity index (χ3n) is 3.04. The molecule has 0 fully saturated rings. The molecular formula is C16H11F4NO3. The number of carbonyl (C=O) groups is 2. The Morgan fingerprint density at radius 2 is 1.62 bits per heavy atom. The van der Waals surface area contributed by atoms with Gasteiger partial charge in [0.25, 0.3) is 5.91 Å². The lowest BCUT2D eigenvalue weighted by Crippen LogP contribution is -2.30. The number of hydrogen-bond acceptors (Lipinski definition) is 3. The lowest BCUT2D eigenvalue weighted by atomic mass is 10.2. The molecule has 0 saturated heterocycles. The lowest BCUT2D eigenvalue weighted by molar-refractivity contribution is -0.123. The van der Waals surface area contributed by atoms with Crippen LogP contribution in [0.4, 0.5) is 23.2 Å². The first-order valence-electron chi connectivity index (χ1n) is 6.71. The number of carbonyl (C=O) groups excluding carboxylic acids is 2. The first-order valence-corrected chi connectivity index (χ1v) is 6.71. The van der Waals surface area contributed by atoms with Crippen molar-refractivity contribution in [3.05, 3.63) is 65.2 Å². The molecule has 0 unspecified atom stereocenters. The summed E-state index contributed by atoms with van der Waals surface area (Å²) in [6, 6.07) is 6.42. The Labute approximate surface area is 134 Å². The molecular weight excluding hydrogens is 330 g/mol. The zero-order valence-electron chi connectivity index (χ0n) is 12.3. The van der Waals surface area contributed by atoms with Gasteiger partial charge in [-0.15, -0.1) is 0 Å². The summed E-state index contributed by atoms with van der Waals surface area (Å²) >= 11 is 0. The quantitative estimate of drug-likeness (QED) is 0.527. The Kier molecular flexibility index (Phi) is 5.18. The van der Waals surface area contributed by atoms with E-state index in [9.17, 15) is 27.2 Å². The fourth-order valence-electron chi connectivity index (χ4n) is 1.76. The fourth-order valence-corrected chi connectivity index (χ4v) is 1.76. The highest BCUT2D eigenvalue weighted by atomic mass is 19.2. The van der Waals surface area contributed by atoms with Gasteiger partial charge in [-0.25, -0.2) is 22.4 Å². The Balaban J connectivity index is 2.07. The standard InChI is InChI=1S/C16H11F4NO3/c1-8(24-16(23)9-4-2-3-5-10(9)17)15(22)21-12-7-6-11(18)13(19)14(12)20/h2-8H,1H3,(H,21,22)/t8-/m0/s1. The molecule has 4 nitrogen and oxygen atoms in total. The van der Waals surface area contributed by atoms with Gasteiger partial charge in [-0.3, -0.25) is 4.79 Å². The summed E-state index contributed by atoms with van der Waals surface area (Å²) in [4.78, 5) is 23.6. The average molecular weight is 341 g/mol. The Morgan fingerprint density at radius 3 is 2.29 bits per heavy atom. The van der Waals surface area contributed by atoms with Crippen molar-refractivity contribution in [3.63, 3.8) is 0 Å². The van der Waals surface area contributed by atoms with Gasteiger partial charge in [0.15, 0.2) is 23.6 Å². The number of benzene rings is 2. The molecule has 0 aliphatic rings. The van der Waals surface area contributed by atoms with Crippen LogP contribution in [0, 0.1) is 23.3 Å². The van der Waals surface area contributed by atoms with Crippen LogP contribution in [-0.2, 0) is 9.53 Å². The summed E-state index contributed by atoms with van der Waals surface area (Å²) in [5.74, 6) is -7.67. The van der Waals surface area contributed by atoms with E-state index >= 15 is 0 Å². The van der Waals surface area contributed by atoms with E-state index in [4.69, 9.17) is 4.74 Å². The minimum atomic E-state index is -1.75. The minimum absolute atomic E-state index is 0.379. The second kappa shape index (κ2) is 7.12. The van der Waals surface area contributed by atoms with Gasteiger partial charge in [0.1, 0.15) is 5.82 Å². The van der Waals surface area contributed by atoms with Gasteiger partial charge in [0.2, 0.25) is 0 Å². The third-order valence-corrected chi connectivity index (χ3v) is 3.04. The van der Waals surface area contributed by atoms with Gasteiger partial charge in [-0.2, -0.15) is 0 Å². The van der Waals surface area contributed by atoms with Crippen molar-refractivity contribution in [1.29, 1.82) is 0 Å². The molecule has 0 aromatic heterocycles. The highest BCUT2D eigenvalue weighted by Gasteiger charge is 2.23. The smallest absolute Gasteiger partial charge is 0.341 e. The normalized spacial score (nSPS) is 11.7. The van der Waals surface area contributed by atoms with Crippen molar-refractivity contribution in [1.82, 2.24) is 0 Å². The van der Waals surface area contributed by atoms with E-state index in [0.29, 0.717) is 6.07 Å². The van der Waals surface area contributed by atoms with Crippen molar-refractivity contribution in [2.75, 3.05) is 5.32 Å². The van der Waals surface area contributed by atoms with Gasteiger partial charge in [0.05, 0.1) is 11.3 Å². The second-order valence-electron chi connectivity index (χ2n) is 4.74. The molecule has 2 aromatic carbocycles. The van der Waals surface area contributed by atoms with Gasteiger partial charge in [0, 0.05) is 0 Å². The van der Waals surface area contributed by atoms with Crippen LogP contribution in [0.3, 0.4) is 0 Å². The van der Waals surface area contributed by atoms with E-state index in [-0.39, 0.29) is 5.56 Å². The van der Waals surface area contributed by atoms with Crippen molar-refractivity contribution in [2.45, 2.75) is 13.0 Å². The predicted octanol–water partition coefficient (Wildman–Crippen LogP) is 3.43. The Morgan fingerprint density at radius 1 is 0.958 bits per heavy atom. The molecule has 2 rings (SSSR count). The number of rotatable bonds is 4. The fraction of sp³-hybridized carbons (Fsp3) is 0.125. The van der Waals surface area contributed by atoms with E-state index in [1.54, 1.807) is 0 Å². The highest BCUT2D eigenvalue weighted by molar-refractivity contribution is 5.97. The van der Waals surface area contributed by atoms with Crippen LogP contribution in [-0.4, -0.2) is 18.0 Å². The minimum Gasteiger partial charge on any atom is -0.449 e. The Bertz CT molecular complexity index is 795. The molecule has 1 amide bonds. The van der Waals surface area contributed by atoms with Gasteiger partial charge >= 0.3 is 5.97 Å². The predicted molar refractivity (Wildman–Crippen MR) is 76.2 cm³/mol. The van der Waals surface area contributed by atoms with Crippen molar-refractivity contribution >= 4 is 17.6 Å². The van der Waals surface area contributed by atoms with Crippen LogP contribution >= 0.6 is 0 Å². The van der Waals surface area contributed by atoms with Crippen LogP contribution in [0.25, 0.3) is 0 Å².